The number of hydrogen-bond donors (Lipinski definition) is 1. The molecule has 3 aromatic rings. The molecule has 0 aliphatic rings. The van der Waals surface area contributed by atoms with Crippen LogP contribution in [0.2, 0.25) is 0 Å². The van der Waals surface area contributed by atoms with Gasteiger partial charge in [-0.15, -0.1) is 0 Å². The van der Waals surface area contributed by atoms with Gasteiger partial charge < -0.3 is 4.74 Å². The molecule has 33 heavy (non-hydrogen) atoms. The van der Waals surface area contributed by atoms with E-state index in [0.717, 1.165) is 36.4 Å². The summed E-state index contributed by atoms with van der Waals surface area (Å²) in [6, 6.07) is 6.86. The molecule has 3 aromatic carbocycles. The molecule has 0 bridgehead atoms. The number of rotatable bonds is 6. The van der Waals surface area contributed by atoms with Crippen LogP contribution in [0.5, 0.6) is 5.75 Å². The van der Waals surface area contributed by atoms with Crippen LogP contribution in [0.1, 0.15) is 5.56 Å². The van der Waals surface area contributed by atoms with Gasteiger partial charge in [-0.1, -0.05) is 18.2 Å². The topological polar surface area (TPSA) is 55.4 Å². The quantitative estimate of drug-likeness (QED) is 0.326. The van der Waals surface area contributed by atoms with Crippen LogP contribution in [0, 0.1) is 17.5 Å². The van der Waals surface area contributed by atoms with Gasteiger partial charge >= 0.3 is 12.8 Å². The molecular formula is C20H11F8NO3S. The smallest absolute Gasteiger partial charge is 0.416 e. The second kappa shape index (κ2) is 8.89. The highest BCUT2D eigenvalue weighted by Crippen LogP contribution is 2.35. The highest BCUT2D eigenvalue weighted by Gasteiger charge is 2.32. The summed E-state index contributed by atoms with van der Waals surface area (Å²) in [4.78, 5) is -0.991. The average Bonchev–Trinajstić information content (AvgIpc) is 2.73. The van der Waals surface area contributed by atoms with Crippen LogP contribution < -0.4 is 9.46 Å². The Morgan fingerprint density at radius 2 is 1.55 bits per heavy atom. The number of nitrogens with one attached hydrogen (secondary N) is 1. The average molecular weight is 497 g/mol. The molecule has 0 saturated heterocycles. The largest absolute Gasteiger partial charge is 0.435 e. The van der Waals surface area contributed by atoms with Crippen LogP contribution in [-0.2, 0) is 16.2 Å². The van der Waals surface area contributed by atoms with E-state index in [1.54, 1.807) is 0 Å². The lowest BCUT2D eigenvalue weighted by molar-refractivity contribution is -0.137. The number of hydrogen-bond acceptors (Lipinski definition) is 3. The molecule has 13 heteroatoms. The monoisotopic (exact) mass is 497 g/mol. The van der Waals surface area contributed by atoms with Crippen molar-refractivity contribution < 1.29 is 48.3 Å². The molecule has 0 amide bonds. The maximum absolute atomic E-state index is 15.0. The fourth-order valence-corrected chi connectivity index (χ4v) is 3.88. The lowest BCUT2D eigenvalue weighted by Crippen LogP contribution is -2.17. The molecule has 0 aliphatic carbocycles. The van der Waals surface area contributed by atoms with Crippen molar-refractivity contribution in [2.45, 2.75) is 17.7 Å². The minimum atomic E-state index is -5.00. The minimum Gasteiger partial charge on any atom is -0.435 e. The fraction of sp³-hybridized carbons (Fsp3) is 0.100. The number of anilines is 1. The first-order chi connectivity index (χ1) is 15.3. The SMILES string of the molecule is O=S(=O)(Nc1c(F)c(F)cc(-c2cccc(OC(F)F)c2)c1F)c1cccc(C(F)(F)F)c1. The Bertz CT molecular complexity index is 1290. The number of ether oxygens (including phenoxy) is 1. The van der Waals surface area contributed by atoms with Crippen LogP contribution in [0.15, 0.2) is 59.5 Å². The normalized spacial score (nSPS) is 12.2. The minimum absolute atomic E-state index is 0.226. The van der Waals surface area contributed by atoms with Gasteiger partial charge in [0.2, 0.25) is 0 Å². The molecule has 0 aromatic heterocycles. The van der Waals surface area contributed by atoms with Crippen molar-refractivity contribution in [1.29, 1.82) is 0 Å². The van der Waals surface area contributed by atoms with Gasteiger partial charge in [0, 0.05) is 5.56 Å². The number of alkyl halides is 5. The van der Waals surface area contributed by atoms with E-state index in [0.29, 0.717) is 12.1 Å². The van der Waals surface area contributed by atoms with E-state index in [2.05, 4.69) is 4.74 Å². The first kappa shape index (κ1) is 24.3. The zero-order valence-corrected chi connectivity index (χ0v) is 16.7. The summed E-state index contributed by atoms with van der Waals surface area (Å²) in [5, 5.41) is 0. The van der Waals surface area contributed by atoms with Crippen molar-refractivity contribution in [3.8, 4) is 16.9 Å². The van der Waals surface area contributed by atoms with Gasteiger partial charge in [-0.05, 0) is 42.0 Å². The molecule has 0 aliphatic heterocycles. The van der Waals surface area contributed by atoms with Gasteiger partial charge in [0.05, 0.1) is 10.5 Å². The second-order valence-corrected chi connectivity index (χ2v) is 8.13. The Balaban J connectivity index is 2.07. The lowest BCUT2D eigenvalue weighted by Gasteiger charge is -2.15. The van der Waals surface area contributed by atoms with E-state index >= 15 is 4.39 Å². The Kier molecular flexibility index (Phi) is 6.54. The third-order valence-corrected chi connectivity index (χ3v) is 5.58. The maximum Gasteiger partial charge on any atom is 0.416 e. The zero-order chi connectivity index (χ0) is 24.6. The molecule has 176 valence electrons. The molecule has 0 fully saturated rings. The Hall–Kier alpha value is -3.35. The molecule has 0 radical (unpaired) electrons. The van der Waals surface area contributed by atoms with Gasteiger partial charge in [0.15, 0.2) is 17.5 Å². The van der Waals surface area contributed by atoms with E-state index in [9.17, 15) is 39.2 Å². The first-order valence-corrected chi connectivity index (χ1v) is 10.2. The second-order valence-electron chi connectivity index (χ2n) is 6.45. The highest BCUT2D eigenvalue weighted by molar-refractivity contribution is 7.92. The molecule has 3 rings (SSSR count). The van der Waals surface area contributed by atoms with Crippen LogP contribution >= 0.6 is 0 Å². The van der Waals surface area contributed by atoms with Crippen LogP contribution in [-0.4, -0.2) is 15.0 Å². The van der Waals surface area contributed by atoms with E-state index in [1.807, 2.05) is 0 Å². The lowest BCUT2D eigenvalue weighted by atomic mass is 10.0. The summed E-state index contributed by atoms with van der Waals surface area (Å²) in [5.74, 6) is -5.77. The summed E-state index contributed by atoms with van der Waals surface area (Å²) >= 11 is 0. The summed E-state index contributed by atoms with van der Waals surface area (Å²) in [6.07, 6.45) is -4.90. The predicted molar refractivity (Wildman–Crippen MR) is 101 cm³/mol. The van der Waals surface area contributed by atoms with Gasteiger partial charge in [0.25, 0.3) is 10.0 Å². The van der Waals surface area contributed by atoms with E-state index in [1.165, 1.54) is 4.72 Å². The maximum atomic E-state index is 15.0. The van der Waals surface area contributed by atoms with Crippen LogP contribution in [0.3, 0.4) is 0 Å². The van der Waals surface area contributed by atoms with Gasteiger partial charge in [0.1, 0.15) is 11.4 Å². The molecule has 4 nitrogen and oxygen atoms in total. The van der Waals surface area contributed by atoms with Gasteiger partial charge in [-0.2, -0.15) is 22.0 Å². The first-order valence-electron chi connectivity index (χ1n) is 8.72. The summed E-state index contributed by atoms with van der Waals surface area (Å²) in [6.45, 7) is -3.23. The number of sulfonamides is 1. The van der Waals surface area contributed by atoms with Crippen molar-refractivity contribution in [3.63, 3.8) is 0 Å². The molecule has 0 saturated carbocycles. The van der Waals surface area contributed by atoms with Crippen molar-refractivity contribution in [1.82, 2.24) is 0 Å². The number of halogens is 8. The Labute approximate surface area is 181 Å². The highest BCUT2D eigenvalue weighted by atomic mass is 32.2. The van der Waals surface area contributed by atoms with E-state index < -0.39 is 67.7 Å². The summed E-state index contributed by atoms with van der Waals surface area (Å²) in [7, 11) is -5.00. The Morgan fingerprint density at radius 1 is 0.879 bits per heavy atom. The molecule has 0 spiro atoms. The molecule has 1 N–H and O–H groups in total. The third kappa shape index (κ3) is 5.35. The predicted octanol–water partition coefficient (Wildman–Crippen LogP) is 6.19. The summed E-state index contributed by atoms with van der Waals surface area (Å²) in [5.41, 5.74) is -3.86. The molecular weight excluding hydrogens is 486 g/mol. The van der Waals surface area contributed by atoms with Crippen molar-refractivity contribution >= 4 is 15.7 Å². The Morgan fingerprint density at radius 3 is 2.18 bits per heavy atom. The van der Waals surface area contributed by atoms with E-state index in [4.69, 9.17) is 0 Å². The van der Waals surface area contributed by atoms with Crippen molar-refractivity contribution in [2.24, 2.45) is 0 Å². The summed E-state index contributed by atoms with van der Waals surface area (Å²) < 4.78 is 137. The van der Waals surface area contributed by atoms with Crippen molar-refractivity contribution in [2.75, 3.05) is 4.72 Å². The van der Waals surface area contributed by atoms with Gasteiger partial charge in [-0.3, -0.25) is 4.72 Å². The van der Waals surface area contributed by atoms with Gasteiger partial charge in [-0.25, -0.2) is 21.6 Å². The molecule has 0 atom stereocenters. The molecule has 0 heterocycles. The zero-order valence-electron chi connectivity index (χ0n) is 15.9. The van der Waals surface area contributed by atoms with Crippen molar-refractivity contribution in [3.05, 3.63) is 77.6 Å². The standard InChI is InChI=1S/C20H11F8NO3S/c21-15-9-14(10-3-1-5-12(7-10)32-19(24)25)16(22)18(17(15)23)29-33(30,31)13-6-2-4-11(8-13)20(26,27)28/h1-9,19,29H. The number of benzene rings is 3. The van der Waals surface area contributed by atoms with Crippen LogP contribution in [0.25, 0.3) is 11.1 Å². The van der Waals surface area contributed by atoms with E-state index in [-0.39, 0.29) is 11.6 Å². The van der Waals surface area contributed by atoms with Crippen LogP contribution in [0.4, 0.5) is 40.8 Å². The molecule has 0 unspecified atom stereocenters. The third-order valence-electron chi connectivity index (χ3n) is 4.23. The fourth-order valence-electron chi connectivity index (χ4n) is 2.78.